The minimum atomic E-state index is -1.40. The first-order valence-electron chi connectivity index (χ1n) is 7.70. The monoisotopic (exact) mass is 331 g/mol. The molecule has 0 heterocycles. The van der Waals surface area contributed by atoms with E-state index in [2.05, 4.69) is 0 Å². The molecule has 0 aliphatic heterocycles. The zero-order valence-electron chi connectivity index (χ0n) is 14.4. The second-order valence-electron chi connectivity index (χ2n) is 6.57. The summed E-state index contributed by atoms with van der Waals surface area (Å²) in [6.45, 7) is 8.24. The number of aliphatic carboxylic acids is 1. The van der Waals surface area contributed by atoms with Crippen molar-refractivity contribution < 1.29 is 24.6 Å². The van der Waals surface area contributed by atoms with Crippen LogP contribution in [0.5, 0.6) is 0 Å². The normalized spacial score (nSPS) is 16.8. The molecule has 0 aromatic carbocycles. The van der Waals surface area contributed by atoms with Crippen LogP contribution in [0.1, 0.15) is 41.0 Å². The van der Waals surface area contributed by atoms with Crippen molar-refractivity contribution >= 4 is 17.8 Å². The number of carbonyl (C=O) groups is 3. The van der Waals surface area contributed by atoms with E-state index in [1.54, 1.807) is 27.7 Å². The second-order valence-corrected chi connectivity index (χ2v) is 6.57. The number of carboxylic acids is 1. The molecule has 23 heavy (non-hydrogen) atoms. The topological polar surface area (TPSA) is 147 Å². The van der Waals surface area contributed by atoms with Gasteiger partial charge in [-0.25, -0.2) is 4.79 Å². The fraction of sp³-hybridized carbons (Fsp3) is 0.800. The third-order valence-electron chi connectivity index (χ3n) is 3.57. The average Bonchev–Trinajstić information content (AvgIpc) is 2.43. The number of carbonyl (C=O) groups excluding carboxylic acids is 2. The van der Waals surface area contributed by atoms with Crippen molar-refractivity contribution in [2.45, 2.75) is 65.3 Å². The van der Waals surface area contributed by atoms with Gasteiger partial charge in [-0.15, -0.1) is 0 Å². The van der Waals surface area contributed by atoms with E-state index in [-0.39, 0.29) is 18.3 Å². The minimum Gasteiger partial charge on any atom is -0.480 e. The standard InChI is InChI=1S/C15H29N3O5/c1-7(2)6-10(15(22)23)18(13(20)11(16)8(3)4)14(21)12(17)9(5)19/h7-12,19H,6,16-17H2,1-5H3,(H,22,23). The Bertz CT molecular complexity index is 411. The molecule has 0 aliphatic carbocycles. The van der Waals surface area contributed by atoms with Crippen LogP contribution in [0.15, 0.2) is 0 Å². The van der Waals surface area contributed by atoms with E-state index in [4.69, 9.17) is 11.5 Å². The lowest BCUT2D eigenvalue weighted by Crippen LogP contribution is -2.61. The molecule has 0 aromatic rings. The quantitative estimate of drug-likeness (QED) is 0.470. The Morgan fingerprint density at radius 3 is 1.70 bits per heavy atom. The van der Waals surface area contributed by atoms with E-state index in [1.807, 2.05) is 0 Å². The number of carboxylic acid groups (broad SMARTS) is 1. The molecular formula is C15H29N3O5. The second kappa shape index (κ2) is 8.95. The minimum absolute atomic E-state index is 0.0720. The van der Waals surface area contributed by atoms with Crippen molar-refractivity contribution in [1.82, 2.24) is 4.90 Å². The summed E-state index contributed by atoms with van der Waals surface area (Å²) in [5.74, 6) is -3.40. The van der Waals surface area contributed by atoms with Crippen LogP contribution < -0.4 is 11.5 Å². The number of aliphatic hydroxyl groups is 1. The lowest BCUT2D eigenvalue weighted by atomic mass is 9.97. The fourth-order valence-corrected chi connectivity index (χ4v) is 1.99. The largest absolute Gasteiger partial charge is 0.480 e. The van der Waals surface area contributed by atoms with Crippen LogP contribution in [0, 0.1) is 11.8 Å². The molecule has 2 amide bonds. The number of hydrogen-bond donors (Lipinski definition) is 4. The molecular weight excluding hydrogens is 302 g/mol. The van der Waals surface area contributed by atoms with Gasteiger partial charge in [0, 0.05) is 0 Å². The van der Waals surface area contributed by atoms with Crippen LogP contribution in [0.2, 0.25) is 0 Å². The van der Waals surface area contributed by atoms with Crippen LogP contribution in [0.4, 0.5) is 0 Å². The summed E-state index contributed by atoms with van der Waals surface area (Å²) in [6, 6.07) is -3.80. The summed E-state index contributed by atoms with van der Waals surface area (Å²) >= 11 is 0. The van der Waals surface area contributed by atoms with Crippen molar-refractivity contribution in [2.75, 3.05) is 0 Å². The van der Waals surface area contributed by atoms with Crippen LogP contribution in [0.25, 0.3) is 0 Å². The van der Waals surface area contributed by atoms with E-state index < -0.39 is 42.0 Å². The maximum absolute atomic E-state index is 12.6. The average molecular weight is 331 g/mol. The van der Waals surface area contributed by atoms with Gasteiger partial charge >= 0.3 is 5.97 Å². The number of rotatable bonds is 8. The molecule has 0 saturated carbocycles. The van der Waals surface area contributed by atoms with Crippen molar-refractivity contribution in [1.29, 1.82) is 0 Å². The van der Waals surface area contributed by atoms with E-state index in [0.29, 0.717) is 4.90 Å². The summed E-state index contributed by atoms with van der Waals surface area (Å²) in [7, 11) is 0. The summed E-state index contributed by atoms with van der Waals surface area (Å²) in [5, 5.41) is 19.0. The molecule has 0 spiro atoms. The van der Waals surface area contributed by atoms with E-state index in [1.165, 1.54) is 6.92 Å². The lowest BCUT2D eigenvalue weighted by molar-refractivity contribution is -0.161. The van der Waals surface area contributed by atoms with Crippen LogP contribution in [-0.2, 0) is 14.4 Å². The Morgan fingerprint density at radius 2 is 1.39 bits per heavy atom. The van der Waals surface area contributed by atoms with Gasteiger partial charge in [0.25, 0.3) is 0 Å². The fourth-order valence-electron chi connectivity index (χ4n) is 1.99. The Morgan fingerprint density at radius 1 is 0.957 bits per heavy atom. The van der Waals surface area contributed by atoms with Gasteiger partial charge in [0.15, 0.2) is 0 Å². The van der Waals surface area contributed by atoms with E-state index in [9.17, 15) is 24.6 Å². The molecule has 8 nitrogen and oxygen atoms in total. The molecule has 0 aliphatic rings. The molecule has 4 atom stereocenters. The summed E-state index contributed by atoms with van der Waals surface area (Å²) in [5.41, 5.74) is 11.4. The Labute approximate surface area is 136 Å². The number of imide groups is 1. The van der Waals surface area contributed by atoms with Gasteiger partial charge in [0.1, 0.15) is 12.1 Å². The van der Waals surface area contributed by atoms with E-state index in [0.717, 1.165) is 0 Å². The highest BCUT2D eigenvalue weighted by Crippen LogP contribution is 2.17. The van der Waals surface area contributed by atoms with Gasteiger partial charge < -0.3 is 21.7 Å². The van der Waals surface area contributed by atoms with Crippen LogP contribution >= 0.6 is 0 Å². The number of amides is 2. The molecule has 0 radical (unpaired) electrons. The third-order valence-corrected chi connectivity index (χ3v) is 3.57. The van der Waals surface area contributed by atoms with E-state index >= 15 is 0 Å². The maximum Gasteiger partial charge on any atom is 0.326 e. The van der Waals surface area contributed by atoms with Gasteiger partial charge in [0.2, 0.25) is 11.8 Å². The molecule has 0 bridgehead atoms. The molecule has 6 N–H and O–H groups in total. The first kappa shape index (κ1) is 21.5. The van der Waals surface area contributed by atoms with Crippen LogP contribution in [0.3, 0.4) is 0 Å². The van der Waals surface area contributed by atoms with Crippen molar-refractivity contribution in [3.63, 3.8) is 0 Å². The Hall–Kier alpha value is -1.51. The SMILES string of the molecule is CC(C)CC(C(=O)O)N(C(=O)C(N)C(C)C)C(=O)C(N)C(C)O. The summed E-state index contributed by atoms with van der Waals surface area (Å²) < 4.78 is 0. The van der Waals surface area contributed by atoms with Crippen molar-refractivity contribution in [3.05, 3.63) is 0 Å². The molecule has 0 saturated heterocycles. The molecule has 134 valence electrons. The van der Waals surface area contributed by atoms with Gasteiger partial charge in [-0.05, 0) is 25.2 Å². The van der Waals surface area contributed by atoms with Crippen molar-refractivity contribution in [3.8, 4) is 0 Å². The van der Waals surface area contributed by atoms with Crippen molar-refractivity contribution in [2.24, 2.45) is 23.3 Å². The number of nitrogens with zero attached hydrogens (tertiary/aromatic N) is 1. The summed E-state index contributed by atoms with van der Waals surface area (Å²) in [4.78, 5) is 37.2. The van der Waals surface area contributed by atoms with Gasteiger partial charge in [-0.2, -0.15) is 0 Å². The number of aliphatic hydroxyl groups excluding tert-OH is 1. The predicted octanol–water partition coefficient (Wildman–Crippen LogP) is -0.468. The number of nitrogens with two attached hydrogens (primary N) is 2. The van der Waals surface area contributed by atoms with Gasteiger partial charge in [-0.3, -0.25) is 14.5 Å². The van der Waals surface area contributed by atoms with Crippen LogP contribution in [-0.4, -0.2) is 57.1 Å². The first-order valence-corrected chi connectivity index (χ1v) is 7.70. The smallest absolute Gasteiger partial charge is 0.326 e. The maximum atomic E-state index is 12.6. The molecule has 0 rings (SSSR count). The Balaban J connectivity index is 5.81. The predicted molar refractivity (Wildman–Crippen MR) is 85.2 cm³/mol. The third kappa shape index (κ3) is 5.89. The zero-order chi connectivity index (χ0) is 18.5. The molecule has 0 fully saturated rings. The zero-order valence-corrected chi connectivity index (χ0v) is 14.4. The Kier molecular flexibility index (Phi) is 8.36. The summed E-state index contributed by atoms with van der Waals surface area (Å²) in [6.07, 6.45) is -1.15. The van der Waals surface area contributed by atoms with Gasteiger partial charge in [-0.1, -0.05) is 27.7 Å². The lowest BCUT2D eigenvalue weighted by Gasteiger charge is -2.33. The highest BCUT2D eigenvalue weighted by Gasteiger charge is 2.40. The molecule has 4 unspecified atom stereocenters. The highest BCUT2D eigenvalue weighted by atomic mass is 16.4. The number of hydrogen-bond acceptors (Lipinski definition) is 6. The first-order chi connectivity index (χ1) is 10.4. The molecule has 8 heteroatoms. The molecule has 0 aromatic heterocycles. The highest BCUT2D eigenvalue weighted by molar-refractivity contribution is 6.03. The van der Waals surface area contributed by atoms with Gasteiger partial charge in [0.05, 0.1) is 12.1 Å².